The predicted molar refractivity (Wildman–Crippen MR) is 84.2 cm³/mol. The molecule has 22 heavy (non-hydrogen) atoms. The lowest BCUT2D eigenvalue weighted by Gasteiger charge is -2.07. The van der Waals surface area contributed by atoms with E-state index in [-0.39, 0.29) is 19.0 Å². The lowest BCUT2D eigenvalue weighted by molar-refractivity contribution is 0.0954. The van der Waals surface area contributed by atoms with Crippen LogP contribution >= 0.6 is 0 Å². The summed E-state index contributed by atoms with van der Waals surface area (Å²) >= 11 is 0. The summed E-state index contributed by atoms with van der Waals surface area (Å²) in [7, 11) is -3.24. The quantitative estimate of drug-likeness (QED) is 0.782. The van der Waals surface area contributed by atoms with Gasteiger partial charge in [-0.05, 0) is 32.0 Å². The number of rotatable bonds is 5. The number of carbonyl (C=O) groups is 1. The van der Waals surface area contributed by atoms with Gasteiger partial charge in [0.05, 0.1) is 28.7 Å². The van der Waals surface area contributed by atoms with Crippen LogP contribution in [0.25, 0.3) is 11.0 Å². The Morgan fingerprint density at radius 1 is 1.09 bits per heavy atom. The van der Waals surface area contributed by atoms with Gasteiger partial charge >= 0.3 is 0 Å². The first-order chi connectivity index (χ1) is 10.3. The molecule has 0 bridgehead atoms. The van der Waals surface area contributed by atoms with Crippen molar-refractivity contribution in [3.8, 4) is 0 Å². The fraction of sp³-hybridized carbons (Fsp3) is 0.357. The van der Waals surface area contributed by atoms with Crippen LogP contribution in [-0.2, 0) is 10.0 Å². The zero-order valence-electron chi connectivity index (χ0n) is 12.7. The van der Waals surface area contributed by atoms with Gasteiger partial charge in [-0.25, -0.2) is 23.1 Å². The summed E-state index contributed by atoms with van der Waals surface area (Å²) in [6.07, 6.45) is 1.07. The van der Waals surface area contributed by atoms with Crippen LogP contribution in [0.1, 0.15) is 21.7 Å². The molecule has 8 heteroatoms. The van der Waals surface area contributed by atoms with E-state index in [0.717, 1.165) is 23.2 Å². The fourth-order valence-electron chi connectivity index (χ4n) is 1.89. The fourth-order valence-corrected chi connectivity index (χ4v) is 2.36. The number of nitrogens with zero attached hydrogens (tertiary/aromatic N) is 2. The van der Waals surface area contributed by atoms with E-state index in [1.807, 2.05) is 13.8 Å². The van der Waals surface area contributed by atoms with Crippen molar-refractivity contribution in [3.63, 3.8) is 0 Å². The molecule has 1 aromatic carbocycles. The first-order valence-corrected chi connectivity index (χ1v) is 8.63. The SMILES string of the molecule is Cc1nc2ccc(C(=O)NCCNS(C)(=O)=O)cc2nc1C. The Labute approximate surface area is 129 Å². The van der Waals surface area contributed by atoms with Gasteiger partial charge in [0.15, 0.2) is 0 Å². The summed E-state index contributed by atoms with van der Waals surface area (Å²) in [5.41, 5.74) is 3.53. The molecule has 7 nitrogen and oxygen atoms in total. The highest BCUT2D eigenvalue weighted by Crippen LogP contribution is 2.14. The second kappa shape index (κ2) is 6.37. The molecular formula is C14H18N4O3S. The number of carbonyl (C=O) groups excluding carboxylic acids is 1. The Bertz CT molecular complexity index is 818. The lowest BCUT2D eigenvalue weighted by atomic mass is 10.1. The summed E-state index contributed by atoms with van der Waals surface area (Å²) in [5.74, 6) is -0.280. The first-order valence-electron chi connectivity index (χ1n) is 6.74. The van der Waals surface area contributed by atoms with Crippen LogP contribution in [0.5, 0.6) is 0 Å². The van der Waals surface area contributed by atoms with Crippen LogP contribution in [0.2, 0.25) is 0 Å². The average molecular weight is 322 g/mol. The number of aromatic nitrogens is 2. The van der Waals surface area contributed by atoms with E-state index in [2.05, 4.69) is 20.0 Å². The Balaban J connectivity index is 2.07. The number of sulfonamides is 1. The highest BCUT2D eigenvalue weighted by Gasteiger charge is 2.08. The summed E-state index contributed by atoms with van der Waals surface area (Å²) < 4.78 is 24.1. The molecule has 1 heterocycles. The second-order valence-electron chi connectivity index (χ2n) is 5.02. The van der Waals surface area contributed by atoms with Crippen molar-refractivity contribution < 1.29 is 13.2 Å². The molecule has 0 saturated heterocycles. The van der Waals surface area contributed by atoms with Crippen LogP contribution in [-0.4, -0.2) is 43.6 Å². The van der Waals surface area contributed by atoms with Crippen LogP contribution < -0.4 is 10.0 Å². The Hall–Kier alpha value is -2.06. The summed E-state index contributed by atoms with van der Waals surface area (Å²) in [6, 6.07) is 5.09. The second-order valence-corrected chi connectivity index (χ2v) is 6.85. The number of amides is 1. The van der Waals surface area contributed by atoms with Crippen molar-refractivity contribution >= 4 is 27.0 Å². The van der Waals surface area contributed by atoms with Crippen molar-refractivity contribution in [2.75, 3.05) is 19.3 Å². The predicted octanol–water partition coefficient (Wildman–Crippen LogP) is 0.526. The Kier molecular flexibility index (Phi) is 4.72. The molecule has 2 N–H and O–H groups in total. The average Bonchev–Trinajstić information content (AvgIpc) is 2.43. The molecule has 0 fully saturated rings. The minimum Gasteiger partial charge on any atom is -0.351 e. The minimum atomic E-state index is -3.24. The molecule has 0 radical (unpaired) electrons. The smallest absolute Gasteiger partial charge is 0.251 e. The molecule has 0 aliphatic rings. The largest absolute Gasteiger partial charge is 0.351 e. The molecule has 0 unspecified atom stereocenters. The number of benzene rings is 1. The maximum atomic E-state index is 12.0. The van der Waals surface area contributed by atoms with E-state index in [1.165, 1.54) is 0 Å². The number of hydrogen-bond acceptors (Lipinski definition) is 5. The number of aryl methyl sites for hydroxylation is 2. The van der Waals surface area contributed by atoms with E-state index in [0.29, 0.717) is 11.1 Å². The van der Waals surface area contributed by atoms with Crippen molar-refractivity contribution in [1.82, 2.24) is 20.0 Å². The summed E-state index contributed by atoms with van der Waals surface area (Å²) in [6.45, 7) is 4.11. The zero-order valence-corrected chi connectivity index (χ0v) is 13.5. The molecule has 118 valence electrons. The minimum absolute atomic E-state index is 0.149. The van der Waals surface area contributed by atoms with Crippen molar-refractivity contribution in [1.29, 1.82) is 0 Å². The third-order valence-corrected chi connectivity index (χ3v) is 3.84. The third kappa shape index (κ3) is 4.22. The molecular weight excluding hydrogens is 304 g/mol. The maximum absolute atomic E-state index is 12.0. The van der Waals surface area contributed by atoms with Gasteiger partial charge < -0.3 is 5.32 Å². The normalized spacial score (nSPS) is 11.6. The van der Waals surface area contributed by atoms with Crippen LogP contribution in [0.15, 0.2) is 18.2 Å². The third-order valence-electron chi connectivity index (χ3n) is 3.11. The van der Waals surface area contributed by atoms with E-state index in [4.69, 9.17) is 0 Å². The van der Waals surface area contributed by atoms with E-state index in [9.17, 15) is 13.2 Å². The van der Waals surface area contributed by atoms with Gasteiger partial charge in [0.25, 0.3) is 5.91 Å². The van der Waals surface area contributed by atoms with E-state index >= 15 is 0 Å². The maximum Gasteiger partial charge on any atom is 0.251 e. The molecule has 0 spiro atoms. The summed E-state index contributed by atoms with van der Waals surface area (Å²) in [5, 5.41) is 2.65. The Morgan fingerprint density at radius 2 is 1.73 bits per heavy atom. The van der Waals surface area contributed by atoms with Crippen LogP contribution in [0.3, 0.4) is 0 Å². The topological polar surface area (TPSA) is 101 Å². The van der Waals surface area contributed by atoms with Gasteiger partial charge in [-0.3, -0.25) is 4.79 Å². The number of nitrogens with one attached hydrogen (secondary N) is 2. The molecule has 0 atom stereocenters. The number of fused-ring (bicyclic) bond motifs is 1. The van der Waals surface area contributed by atoms with E-state index < -0.39 is 10.0 Å². The lowest BCUT2D eigenvalue weighted by Crippen LogP contribution is -2.34. The highest BCUT2D eigenvalue weighted by molar-refractivity contribution is 7.88. The molecule has 2 rings (SSSR count). The highest BCUT2D eigenvalue weighted by atomic mass is 32.2. The van der Waals surface area contributed by atoms with Crippen LogP contribution in [0, 0.1) is 13.8 Å². The van der Waals surface area contributed by atoms with Gasteiger partial charge in [-0.15, -0.1) is 0 Å². The first kappa shape index (κ1) is 16.3. The van der Waals surface area contributed by atoms with Crippen molar-refractivity contribution in [2.45, 2.75) is 13.8 Å². The monoisotopic (exact) mass is 322 g/mol. The zero-order chi connectivity index (χ0) is 16.3. The molecule has 0 saturated carbocycles. The number of hydrogen-bond donors (Lipinski definition) is 2. The molecule has 1 amide bonds. The standard InChI is InChI=1S/C14H18N4O3S/c1-9-10(2)18-13-8-11(4-5-12(13)17-9)14(19)15-6-7-16-22(3,20)21/h4-5,8,16H,6-7H2,1-3H3,(H,15,19). The van der Waals surface area contributed by atoms with Gasteiger partial charge in [0, 0.05) is 18.7 Å². The van der Waals surface area contributed by atoms with Gasteiger partial charge in [-0.2, -0.15) is 0 Å². The van der Waals surface area contributed by atoms with Crippen molar-refractivity contribution in [2.24, 2.45) is 0 Å². The van der Waals surface area contributed by atoms with Gasteiger partial charge in [0.1, 0.15) is 0 Å². The molecule has 2 aromatic rings. The van der Waals surface area contributed by atoms with Crippen molar-refractivity contribution in [3.05, 3.63) is 35.2 Å². The van der Waals surface area contributed by atoms with Gasteiger partial charge in [0.2, 0.25) is 10.0 Å². The van der Waals surface area contributed by atoms with E-state index in [1.54, 1.807) is 18.2 Å². The summed E-state index contributed by atoms with van der Waals surface area (Å²) in [4.78, 5) is 20.8. The molecule has 1 aromatic heterocycles. The van der Waals surface area contributed by atoms with Crippen LogP contribution in [0.4, 0.5) is 0 Å². The Morgan fingerprint density at radius 3 is 2.36 bits per heavy atom. The van der Waals surface area contributed by atoms with Gasteiger partial charge in [-0.1, -0.05) is 0 Å². The molecule has 0 aliphatic carbocycles. The molecule has 0 aliphatic heterocycles.